The predicted molar refractivity (Wildman–Crippen MR) is 159 cm³/mol. The molecule has 1 unspecified atom stereocenters. The Morgan fingerprint density at radius 1 is 1.02 bits per heavy atom. The molecule has 4 aliphatic rings. The molecule has 14 heteroatoms. The van der Waals surface area contributed by atoms with E-state index in [1.807, 2.05) is 0 Å². The summed E-state index contributed by atoms with van der Waals surface area (Å²) in [7, 11) is 2.80. The van der Waals surface area contributed by atoms with Crippen molar-refractivity contribution in [3.05, 3.63) is 65.2 Å². The number of ether oxygens (including phenoxy) is 3. The molecule has 1 aliphatic heterocycles. The van der Waals surface area contributed by atoms with Crippen molar-refractivity contribution in [3.8, 4) is 11.6 Å². The van der Waals surface area contributed by atoms with Gasteiger partial charge in [-0.1, -0.05) is 0 Å². The lowest BCUT2D eigenvalue weighted by atomic mass is 9.76. The van der Waals surface area contributed by atoms with Crippen molar-refractivity contribution in [1.82, 2.24) is 14.9 Å². The van der Waals surface area contributed by atoms with E-state index in [1.165, 1.54) is 26.5 Å². The molecule has 1 atom stereocenters. The molecule has 11 nitrogen and oxygen atoms in total. The fraction of sp³-hybridized carbons (Fsp3) is 0.419. The number of nitrogens with one attached hydrogen (secondary N) is 3. The Bertz CT molecular complexity index is 1600. The van der Waals surface area contributed by atoms with E-state index >= 15 is 0 Å². The van der Waals surface area contributed by atoms with Gasteiger partial charge in [0.25, 0.3) is 18.2 Å². The third-order valence-corrected chi connectivity index (χ3v) is 8.78. The molecule has 2 bridgehead atoms. The minimum absolute atomic E-state index is 0.0153. The lowest BCUT2D eigenvalue weighted by Crippen LogP contribution is -2.45. The number of fused-ring (bicyclic) bond motifs is 1. The number of nitrogens with zero attached hydrogens (tertiary/aromatic N) is 3. The molecule has 1 aromatic carbocycles. The Labute approximate surface area is 257 Å². The zero-order chi connectivity index (χ0) is 31.7. The Balaban J connectivity index is 1.24. The molecule has 4 fully saturated rings. The number of anilines is 3. The van der Waals surface area contributed by atoms with E-state index in [0.717, 1.165) is 63.8 Å². The van der Waals surface area contributed by atoms with Gasteiger partial charge in [0, 0.05) is 42.6 Å². The van der Waals surface area contributed by atoms with E-state index in [1.54, 1.807) is 12.3 Å². The van der Waals surface area contributed by atoms with Crippen molar-refractivity contribution in [2.24, 2.45) is 5.92 Å². The number of amides is 2. The van der Waals surface area contributed by atoms with Crippen molar-refractivity contribution < 1.29 is 37.0 Å². The van der Waals surface area contributed by atoms with Crippen LogP contribution in [0.3, 0.4) is 0 Å². The minimum atomic E-state index is -3.07. The molecule has 0 radical (unpaired) electrons. The molecule has 3 saturated carbocycles. The topological polar surface area (TPSA) is 127 Å². The average Bonchev–Trinajstić information content (AvgIpc) is 3.58. The fourth-order valence-corrected chi connectivity index (χ4v) is 6.63. The summed E-state index contributed by atoms with van der Waals surface area (Å²) in [5.41, 5.74) is -1.03. The number of rotatable bonds is 10. The Morgan fingerprint density at radius 2 is 1.80 bits per heavy atom. The second-order valence-corrected chi connectivity index (χ2v) is 11.4. The van der Waals surface area contributed by atoms with Gasteiger partial charge in [0.2, 0.25) is 5.88 Å². The van der Waals surface area contributed by atoms with E-state index in [0.29, 0.717) is 17.8 Å². The number of pyridine rings is 2. The molecule has 238 valence electrons. The van der Waals surface area contributed by atoms with Crippen LogP contribution in [0.25, 0.3) is 0 Å². The lowest BCUT2D eigenvalue weighted by molar-refractivity contribution is 0.0101. The van der Waals surface area contributed by atoms with Crippen LogP contribution in [0, 0.1) is 11.7 Å². The van der Waals surface area contributed by atoms with Gasteiger partial charge >= 0.3 is 0 Å². The second-order valence-electron chi connectivity index (χ2n) is 11.4. The molecule has 45 heavy (non-hydrogen) atoms. The summed E-state index contributed by atoms with van der Waals surface area (Å²) in [4.78, 5) is 38.3. The maximum Gasteiger partial charge on any atom is 0.266 e. The number of benzene rings is 1. The van der Waals surface area contributed by atoms with Crippen LogP contribution in [-0.4, -0.2) is 78.8 Å². The first kappa shape index (κ1) is 30.6. The predicted octanol–water partition coefficient (Wildman–Crippen LogP) is 4.74. The number of aromatic nitrogens is 2. The van der Waals surface area contributed by atoms with Crippen molar-refractivity contribution in [3.63, 3.8) is 0 Å². The Morgan fingerprint density at radius 3 is 2.51 bits per heavy atom. The molecule has 3 aromatic rings. The third kappa shape index (κ3) is 6.12. The Hall–Kier alpha value is -4.43. The first-order chi connectivity index (χ1) is 21.7. The van der Waals surface area contributed by atoms with Gasteiger partial charge in [0.15, 0.2) is 0 Å². The van der Waals surface area contributed by atoms with Crippen LogP contribution < -0.4 is 25.4 Å². The maximum absolute atomic E-state index is 13.9. The molecule has 3 aliphatic carbocycles. The molecule has 0 spiro atoms. The van der Waals surface area contributed by atoms with E-state index in [4.69, 9.17) is 14.2 Å². The summed E-state index contributed by atoms with van der Waals surface area (Å²) >= 11 is 0. The van der Waals surface area contributed by atoms with Crippen LogP contribution >= 0.6 is 0 Å². The molecule has 2 aromatic heterocycles. The number of halogens is 3. The van der Waals surface area contributed by atoms with Gasteiger partial charge in [-0.05, 0) is 49.4 Å². The zero-order valence-corrected chi connectivity index (χ0v) is 24.7. The Kier molecular flexibility index (Phi) is 8.51. The van der Waals surface area contributed by atoms with E-state index in [-0.39, 0.29) is 39.7 Å². The van der Waals surface area contributed by atoms with Gasteiger partial charge in [-0.15, -0.1) is 0 Å². The largest absolute Gasteiger partial charge is 0.496 e. The van der Waals surface area contributed by atoms with E-state index in [9.17, 15) is 22.8 Å². The SMILES string of the molecule is COc1cc(C(=O)Nc2ccc(F)c(C(F)F)c2)c(NC(=O)c2c(OC)ccnc2NC23CC(C2)C(N2CCOCC2)C3)cn1. The van der Waals surface area contributed by atoms with Gasteiger partial charge in [0.05, 0.1) is 50.4 Å². The second kappa shape index (κ2) is 12.5. The third-order valence-electron chi connectivity index (χ3n) is 8.78. The molecular weight excluding hydrogens is 593 g/mol. The lowest BCUT2D eigenvalue weighted by Gasteiger charge is -2.40. The molecular formula is C31H33F3N6O5. The molecule has 3 N–H and O–H groups in total. The normalized spacial score (nSPS) is 22.4. The summed E-state index contributed by atoms with van der Waals surface area (Å²) in [6.45, 7) is 3.27. The van der Waals surface area contributed by atoms with Gasteiger partial charge < -0.3 is 30.2 Å². The van der Waals surface area contributed by atoms with E-state index in [2.05, 4.69) is 30.8 Å². The van der Waals surface area contributed by atoms with Gasteiger partial charge in [-0.3, -0.25) is 14.5 Å². The molecule has 3 heterocycles. The smallest absolute Gasteiger partial charge is 0.266 e. The van der Waals surface area contributed by atoms with Crippen LogP contribution in [0.15, 0.2) is 42.7 Å². The molecule has 2 amide bonds. The van der Waals surface area contributed by atoms with Crippen LogP contribution in [0.4, 0.5) is 30.4 Å². The van der Waals surface area contributed by atoms with Crippen LogP contribution in [0.5, 0.6) is 11.6 Å². The highest BCUT2D eigenvalue weighted by Gasteiger charge is 2.58. The summed E-state index contributed by atoms with van der Waals surface area (Å²) < 4.78 is 56.5. The quantitative estimate of drug-likeness (QED) is 0.293. The highest BCUT2D eigenvalue weighted by atomic mass is 19.3. The number of methoxy groups -OCH3 is 2. The first-order valence-corrected chi connectivity index (χ1v) is 14.6. The van der Waals surface area contributed by atoms with Crippen LogP contribution in [0.2, 0.25) is 0 Å². The number of hydrogen-bond donors (Lipinski definition) is 3. The number of hydrogen-bond acceptors (Lipinski definition) is 9. The molecule has 1 saturated heterocycles. The summed E-state index contributed by atoms with van der Waals surface area (Å²) in [5.74, 6) is -1.22. The molecule has 7 rings (SSSR count). The van der Waals surface area contributed by atoms with Gasteiger partial charge in [0.1, 0.15) is 22.9 Å². The number of carbonyl (C=O) groups is 2. The van der Waals surface area contributed by atoms with Crippen molar-refractivity contribution >= 4 is 29.0 Å². The van der Waals surface area contributed by atoms with Gasteiger partial charge in [-0.2, -0.15) is 0 Å². The summed E-state index contributed by atoms with van der Waals surface area (Å²) in [6, 6.07) is 6.15. The number of carbonyl (C=O) groups excluding carboxylic acids is 2. The van der Waals surface area contributed by atoms with Crippen molar-refractivity contribution in [2.75, 3.05) is 56.5 Å². The minimum Gasteiger partial charge on any atom is -0.496 e. The van der Waals surface area contributed by atoms with Crippen molar-refractivity contribution in [2.45, 2.75) is 37.3 Å². The standard InChI is InChI=1S/C31H33F3N6O5/c1-43-24-5-6-35-28(39-31-13-17(14-31)23(15-31)40-7-9-45-10-8-40)26(24)30(42)38-22-16-36-25(44-2)12-20(22)29(41)37-18-3-4-21(32)19(11-18)27(33)34/h3-6,11-12,16-17,23,27H,7-10,13-15H2,1-2H3,(H,35,39)(H,37,41)(H,38,42). The number of morpholine rings is 1. The summed E-state index contributed by atoms with van der Waals surface area (Å²) in [5, 5.41) is 8.76. The first-order valence-electron chi connectivity index (χ1n) is 14.6. The van der Waals surface area contributed by atoms with E-state index < -0.39 is 29.6 Å². The van der Waals surface area contributed by atoms with Crippen LogP contribution in [0.1, 0.15) is 52.0 Å². The van der Waals surface area contributed by atoms with Gasteiger partial charge in [-0.25, -0.2) is 23.1 Å². The highest BCUT2D eigenvalue weighted by molar-refractivity contribution is 6.14. The number of alkyl halides is 2. The van der Waals surface area contributed by atoms with Crippen molar-refractivity contribution in [1.29, 1.82) is 0 Å². The van der Waals surface area contributed by atoms with Crippen LogP contribution in [-0.2, 0) is 4.74 Å². The highest BCUT2D eigenvalue weighted by Crippen LogP contribution is 2.55. The summed E-state index contributed by atoms with van der Waals surface area (Å²) in [6.07, 6.45) is 2.56. The average molecular weight is 627 g/mol. The monoisotopic (exact) mass is 626 g/mol. The maximum atomic E-state index is 13.9. The fourth-order valence-electron chi connectivity index (χ4n) is 6.63. The zero-order valence-electron chi connectivity index (χ0n) is 24.7.